The summed E-state index contributed by atoms with van der Waals surface area (Å²) in [5, 5.41) is 0. The Morgan fingerprint density at radius 1 is 1.07 bits per heavy atom. The average Bonchev–Trinajstić information content (AvgIpc) is 2.79. The van der Waals surface area contributed by atoms with Gasteiger partial charge in [-0.2, -0.15) is 13.2 Å². The molecule has 30 heavy (non-hydrogen) atoms. The van der Waals surface area contributed by atoms with E-state index in [0.29, 0.717) is 12.3 Å². The van der Waals surface area contributed by atoms with E-state index in [1.807, 2.05) is 0 Å². The van der Waals surface area contributed by atoms with Gasteiger partial charge >= 0.3 is 6.18 Å². The molecule has 0 bridgehead atoms. The molecule has 2 amide bonds. The van der Waals surface area contributed by atoms with Crippen molar-refractivity contribution in [2.45, 2.75) is 6.18 Å². The number of carbonyl (C=O) groups is 2. The molecule has 1 unspecified atom stereocenters. The smallest absolute Gasteiger partial charge is 0.383 e. The lowest BCUT2D eigenvalue weighted by Crippen LogP contribution is -2.40. The van der Waals surface area contributed by atoms with Gasteiger partial charge in [0.25, 0.3) is 0 Å². The Morgan fingerprint density at radius 3 is 2.40 bits per heavy atom. The number of anilines is 3. The van der Waals surface area contributed by atoms with Gasteiger partial charge in [0.15, 0.2) is 5.92 Å². The summed E-state index contributed by atoms with van der Waals surface area (Å²) in [7, 11) is 2.92. The normalized spacial score (nSPS) is 17.4. The standard InChI is InChI=1S/C21H20F3N3O3/c1-26-17-9-8-14(21(22,23)24)12-18(17)27(15-6-4-3-5-7-15)20(29)16(19(26)28)13-25-10-11-30-2/h3-9,12-13,16H,10-11H2,1-2H3. The second-order valence-electron chi connectivity index (χ2n) is 6.63. The number of nitrogens with zero attached hydrogens (tertiary/aromatic N) is 3. The molecule has 0 aliphatic carbocycles. The van der Waals surface area contributed by atoms with E-state index in [0.717, 1.165) is 17.0 Å². The van der Waals surface area contributed by atoms with Crippen LogP contribution in [-0.4, -0.2) is 45.3 Å². The molecule has 0 spiro atoms. The van der Waals surface area contributed by atoms with Crippen molar-refractivity contribution in [1.82, 2.24) is 0 Å². The lowest BCUT2D eigenvalue weighted by molar-refractivity contribution is -0.137. The predicted molar refractivity (Wildman–Crippen MR) is 107 cm³/mol. The molecule has 158 valence electrons. The van der Waals surface area contributed by atoms with Crippen LogP contribution in [0.1, 0.15) is 5.56 Å². The lowest BCUT2D eigenvalue weighted by Gasteiger charge is -2.25. The first kappa shape index (κ1) is 21.5. The van der Waals surface area contributed by atoms with E-state index in [1.165, 1.54) is 31.3 Å². The minimum atomic E-state index is -4.60. The molecule has 6 nitrogen and oxygen atoms in total. The Labute approximate surface area is 171 Å². The highest BCUT2D eigenvalue weighted by atomic mass is 19.4. The summed E-state index contributed by atoms with van der Waals surface area (Å²) in [5.41, 5.74) is -0.396. The molecule has 1 heterocycles. The van der Waals surface area contributed by atoms with Gasteiger partial charge in [-0.3, -0.25) is 19.5 Å². The Balaban J connectivity index is 2.17. The molecule has 2 aromatic rings. The number of rotatable bonds is 5. The number of methoxy groups -OCH3 is 1. The number of carbonyl (C=O) groups excluding carboxylic acids is 2. The number of hydrogen-bond acceptors (Lipinski definition) is 4. The quantitative estimate of drug-likeness (QED) is 0.422. The van der Waals surface area contributed by atoms with E-state index in [9.17, 15) is 22.8 Å². The molecule has 0 saturated carbocycles. The molecular weight excluding hydrogens is 399 g/mol. The van der Waals surface area contributed by atoms with E-state index in [1.54, 1.807) is 30.3 Å². The van der Waals surface area contributed by atoms with Crippen molar-refractivity contribution in [2.75, 3.05) is 37.1 Å². The first-order valence-corrected chi connectivity index (χ1v) is 9.12. The number of halogens is 3. The summed E-state index contributed by atoms with van der Waals surface area (Å²) < 4.78 is 45.0. The lowest BCUT2D eigenvalue weighted by atomic mass is 10.1. The molecule has 0 radical (unpaired) electrons. The second-order valence-corrected chi connectivity index (χ2v) is 6.63. The fraction of sp³-hybridized carbons (Fsp3) is 0.286. The maximum absolute atomic E-state index is 13.4. The van der Waals surface area contributed by atoms with Crippen LogP contribution < -0.4 is 9.80 Å². The molecule has 1 aliphatic rings. The van der Waals surface area contributed by atoms with Crippen molar-refractivity contribution >= 4 is 35.1 Å². The number of fused-ring (bicyclic) bond motifs is 1. The second kappa shape index (κ2) is 8.66. The van der Waals surface area contributed by atoms with Crippen molar-refractivity contribution in [2.24, 2.45) is 10.9 Å². The monoisotopic (exact) mass is 419 g/mol. The van der Waals surface area contributed by atoms with Gasteiger partial charge in [-0.05, 0) is 30.3 Å². The fourth-order valence-electron chi connectivity index (χ4n) is 3.15. The highest BCUT2D eigenvalue weighted by Gasteiger charge is 2.40. The zero-order valence-corrected chi connectivity index (χ0v) is 16.4. The van der Waals surface area contributed by atoms with Crippen LogP contribution in [0, 0.1) is 5.92 Å². The average molecular weight is 419 g/mol. The molecule has 0 N–H and O–H groups in total. The molecule has 2 aromatic carbocycles. The van der Waals surface area contributed by atoms with Gasteiger partial charge in [-0.25, -0.2) is 0 Å². The van der Waals surface area contributed by atoms with Gasteiger partial charge in [0.2, 0.25) is 11.8 Å². The number of aliphatic imine (C=N–C) groups is 1. The Hall–Kier alpha value is -3.20. The number of ether oxygens (including phenoxy) is 1. The molecule has 0 saturated heterocycles. The summed E-state index contributed by atoms with van der Waals surface area (Å²) in [6, 6.07) is 11.2. The molecule has 1 atom stereocenters. The summed E-state index contributed by atoms with van der Waals surface area (Å²) in [4.78, 5) is 32.7. The first-order chi connectivity index (χ1) is 14.3. The highest BCUT2D eigenvalue weighted by Crippen LogP contribution is 2.42. The number of benzene rings is 2. The molecule has 9 heteroatoms. The van der Waals surface area contributed by atoms with Crippen molar-refractivity contribution in [3.63, 3.8) is 0 Å². The summed E-state index contributed by atoms with van der Waals surface area (Å²) in [5.74, 6) is -2.55. The Morgan fingerprint density at radius 2 is 1.77 bits per heavy atom. The summed E-state index contributed by atoms with van der Waals surface area (Å²) in [6.07, 6.45) is -3.37. The van der Waals surface area contributed by atoms with E-state index >= 15 is 0 Å². The molecular formula is C21H20F3N3O3. The number of alkyl halides is 3. The van der Waals surface area contributed by atoms with Crippen molar-refractivity contribution in [3.8, 4) is 0 Å². The maximum Gasteiger partial charge on any atom is 0.416 e. The number of para-hydroxylation sites is 1. The zero-order valence-electron chi connectivity index (χ0n) is 16.4. The minimum Gasteiger partial charge on any atom is -0.383 e. The molecule has 1 aliphatic heterocycles. The molecule has 3 rings (SSSR count). The van der Waals surface area contributed by atoms with Crippen LogP contribution in [0.15, 0.2) is 53.5 Å². The van der Waals surface area contributed by atoms with Crippen LogP contribution in [0.2, 0.25) is 0 Å². The van der Waals surface area contributed by atoms with Gasteiger partial charge in [-0.1, -0.05) is 18.2 Å². The van der Waals surface area contributed by atoms with Crippen LogP contribution >= 0.6 is 0 Å². The van der Waals surface area contributed by atoms with Gasteiger partial charge in [-0.15, -0.1) is 0 Å². The van der Waals surface area contributed by atoms with Crippen molar-refractivity contribution in [1.29, 1.82) is 0 Å². The van der Waals surface area contributed by atoms with E-state index in [2.05, 4.69) is 4.99 Å². The van der Waals surface area contributed by atoms with Crippen LogP contribution in [0.5, 0.6) is 0 Å². The third-order valence-corrected chi connectivity index (χ3v) is 4.68. The van der Waals surface area contributed by atoms with Gasteiger partial charge in [0.05, 0.1) is 30.1 Å². The number of amides is 2. The van der Waals surface area contributed by atoms with Crippen LogP contribution in [0.3, 0.4) is 0 Å². The Bertz CT molecular complexity index is 961. The van der Waals surface area contributed by atoms with E-state index in [-0.39, 0.29) is 17.9 Å². The topological polar surface area (TPSA) is 62.2 Å². The Kier molecular flexibility index (Phi) is 6.21. The van der Waals surface area contributed by atoms with Crippen LogP contribution in [0.25, 0.3) is 0 Å². The summed E-state index contributed by atoms with van der Waals surface area (Å²) in [6.45, 7) is 0.548. The SMILES string of the molecule is COCCN=CC1C(=O)N(C)c2ccc(C(F)(F)F)cc2N(c2ccccc2)C1=O. The summed E-state index contributed by atoms with van der Waals surface area (Å²) >= 11 is 0. The highest BCUT2D eigenvalue weighted by molar-refractivity contribution is 6.26. The largest absolute Gasteiger partial charge is 0.416 e. The van der Waals surface area contributed by atoms with Crippen LogP contribution in [0.4, 0.5) is 30.2 Å². The molecule has 0 fully saturated rings. The maximum atomic E-state index is 13.4. The van der Waals surface area contributed by atoms with Crippen molar-refractivity contribution in [3.05, 3.63) is 54.1 Å². The minimum absolute atomic E-state index is 0.0235. The first-order valence-electron chi connectivity index (χ1n) is 9.12. The van der Waals surface area contributed by atoms with Gasteiger partial charge in [0.1, 0.15) is 0 Å². The van der Waals surface area contributed by atoms with Gasteiger partial charge < -0.3 is 9.64 Å². The van der Waals surface area contributed by atoms with Gasteiger partial charge in [0, 0.05) is 26.1 Å². The van der Waals surface area contributed by atoms with Crippen molar-refractivity contribution < 1.29 is 27.5 Å². The number of hydrogen-bond donors (Lipinski definition) is 0. The third kappa shape index (κ3) is 4.20. The fourth-order valence-corrected chi connectivity index (χ4v) is 3.15. The van der Waals surface area contributed by atoms with E-state index in [4.69, 9.17) is 4.74 Å². The van der Waals surface area contributed by atoms with Crippen LogP contribution in [-0.2, 0) is 20.5 Å². The zero-order chi connectivity index (χ0) is 21.9. The third-order valence-electron chi connectivity index (χ3n) is 4.68. The molecule has 0 aromatic heterocycles. The van der Waals surface area contributed by atoms with E-state index < -0.39 is 29.5 Å². The predicted octanol–water partition coefficient (Wildman–Crippen LogP) is 3.68.